The van der Waals surface area contributed by atoms with Crippen molar-refractivity contribution in [2.75, 3.05) is 0 Å². The van der Waals surface area contributed by atoms with Gasteiger partial charge in [0.2, 0.25) is 0 Å². The molecule has 0 radical (unpaired) electrons. The van der Waals surface area contributed by atoms with E-state index in [1.54, 1.807) is 0 Å². The number of benzene rings is 2. The van der Waals surface area contributed by atoms with Crippen molar-refractivity contribution in [2.45, 2.75) is 6.54 Å². The van der Waals surface area contributed by atoms with Crippen molar-refractivity contribution in [3.63, 3.8) is 0 Å². The summed E-state index contributed by atoms with van der Waals surface area (Å²) in [5, 5.41) is 4.27. The number of hydrogen-bond acceptors (Lipinski definition) is 2. The van der Waals surface area contributed by atoms with E-state index in [4.69, 9.17) is 0 Å². The minimum Gasteiger partial charge on any atom is -0.248 e. The van der Waals surface area contributed by atoms with E-state index in [0.717, 1.165) is 9.13 Å². The Hall–Kier alpha value is -1.83. The Balaban J connectivity index is 1.89. The van der Waals surface area contributed by atoms with E-state index in [1.165, 1.54) is 29.2 Å². The van der Waals surface area contributed by atoms with Crippen molar-refractivity contribution >= 4 is 22.6 Å². The molecule has 0 aliphatic rings. The Labute approximate surface area is 133 Å². The third-order valence-corrected chi connectivity index (χ3v) is 3.67. The highest BCUT2D eigenvalue weighted by Gasteiger charge is 2.11. The van der Waals surface area contributed by atoms with Gasteiger partial charge in [0.1, 0.15) is 18.0 Å². The molecule has 3 aromatic rings. The Morgan fingerprint density at radius 1 is 1.05 bits per heavy atom. The molecule has 2 aromatic carbocycles. The first-order valence-corrected chi connectivity index (χ1v) is 7.29. The molecule has 1 heterocycles. The number of halogens is 3. The minimum absolute atomic E-state index is 0.00936. The van der Waals surface area contributed by atoms with Crippen molar-refractivity contribution in [1.29, 1.82) is 0 Å². The Bertz CT molecular complexity index is 766. The first-order chi connectivity index (χ1) is 10.1. The van der Waals surface area contributed by atoms with Crippen LogP contribution in [0.2, 0.25) is 0 Å². The molecule has 0 saturated carbocycles. The number of hydrogen-bond donors (Lipinski definition) is 0. The van der Waals surface area contributed by atoms with Crippen LogP contribution in [0.1, 0.15) is 5.56 Å². The lowest BCUT2D eigenvalue weighted by molar-refractivity contribution is 0.533. The second-order valence-corrected chi connectivity index (χ2v) is 5.72. The second-order valence-electron chi connectivity index (χ2n) is 4.48. The molecule has 0 N–H and O–H groups in total. The third kappa shape index (κ3) is 3.10. The van der Waals surface area contributed by atoms with E-state index in [-0.39, 0.29) is 12.1 Å². The van der Waals surface area contributed by atoms with E-state index in [0.29, 0.717) is 5.82 Å². The van der Waals surface area contributed by atoms with Gasteiger partial charge in [0.25, 0.3) is 0 Å². The predicted molar refractivity (Wildman–Crippen MR) is 83.6 cm³/mol. The highest BCUT2D eigenvalue weighted by molar-refractivity contribution is 14.1. The van der Waals surface area contributed by atoms with Crippen LogP contribution < -0.4 is 0 Å². The molecule has 3 nitrogen and oxygen atoms in total. The van der Waals surface area contributed by atoms with E-state index >= 15 is 0 Å². The summed E-state index contributed by atoms with van der Waals surface area (Å²) in [7, 11) is 0. The van der Waals surface area contributed by atoms with Crippen LogP contribution in [0.25, 0.3) is 11.4 Å². The standard InChI is InChI=1S/C15H10F2IN3/c16-13-5-2-6-14(17)12(13)8-21-9-19-15(20-21)10-3-1-4-11(18)7-10/h1-7,9H,8H2. The quantitative estimate of drug-likeness (QED) is 0.629. The maximum absolute atomic E-state index is 13.6. The molecule has 106 valence electrons. The summed E-state index contributed by atoms with van der Waals surface area (Å²) in [4.78, 5) is 4.19. The zero-order valence-corrected chi connectivity index (χ0v) is 13.0. The largest absolute Gasteiger partial charge is 0.248 e. The van der Waals surface area contributed by atoms with Crippen molar-refractivity contribution in [3.8, 4) is 11.4 Å². The van der Waals surface area contributed by atoms with E-state index < -0.39 is 11.6 Å². The molecular weight excluding hydrogens is 387 g/mol. The Kier molecular flexibility index (Phi) is 3.96. The lowest BCUT2D eigenvalue weighted by atomic mass is 10.2. The fourth-order valence-corrected chi connectivity index (χ4v) is 2.52. The van der Waals surface area contributed by atoms with Gasteiger partial charge in [-0.3, -0.25) is 0 Å². The normalized spacial score (nSPS) is 10.8. The third-order valence-electron chi connectivity index (χ3n) is 3.00. The van der Waals surface area contributed by atoms with Gasteiger partial charge >= 0.3 is 0 Å². The number of nitrogens with zero attached hydrogens (tertiary/aromatic N) is 3. The number of aromatic nitrogens is 3. The van der Waals surface area contributed by atoms with Gasteiger partial charge in [0.15, 0.2) is 5.82 Å². The predicted octanol–water partition coefficient (Wildman–Crippen LogP) is 3.88. The van der Waals surface area contributed by atoms with Crippen molar-refractivity contribution in [3.05, 3.63) is 69.6 Å². The molecule has 0 unspecified atom stereocenters. The van der Waals surface area contributed by atoms with E-state index in [9.17, 15) is 8.78 Å². The van der Waals surface area contributed by atoms with Gasteiger partial charge in [-0.05, 0) is 46.9 Å². The summed E-state index contributed by atoms with van der Waals surface area (Å²) in [6.45, 7) is 0.00936. The molecule has 1 aromatic heterocycles. The van der Waals surface area contributed by atoms with Crippen molar-refractivity contribution in [1.82, 2.24) is 14.8 Å². The first-order valence-electron chi connectivity index (χ1n) is 6.22. The molecule has 0 bridgehead atoms. The smallest absolute Gasteiger partial charge is 0.181 e. The molecule has 0 aliphatic carbocycles. The van der Waals surface area contributed by atoms with Gasteiger partial charge in [-0.15, -0.1) is 0 Å². The van der Waals surface area contributed by atoms with Crippen LogP contribution in [0.15, 0.2) is 48.8 Å². The van der Waals surface area contributed by atoms with Gasteiger partial charge in [-0.25, -0.2) is 18.4 Å². The lowest BCUT2D eigenvalue weighted by Crippen LogP contribution is -2.05. The van der Waals surface area contributed by atoms with Crippen molar-refractivity contribution in [2.24, 2.45) is 0 Å². The zero-order valence-electron chi connectivity index (χ0n) is 10.8. The van der Waals surface area contributed by atoms with Crippen LogP contribution in [0.5, 0.6) is 0 Å². The fourth-order valence-electron chi connectivity index (χ4n) is 1.98. The molecule has 0 amide bonds. The Morgan fingerprint density at radius 3 is 2.48 bits per heavy atom. The van der Waals surface area contributed by atoms with Gasteiger partial charge < -0.3 is 0 Å². The average molecular weight is 397 g/mol. The summed E-state index contributed by atoms with van der Waals surface area (Å²) in [5.41, 5.74) is 0.853. The molecular formula is C15H10F2IN3. The molecule has 0 aliphatic heterocycles. The fraction of sp³-hybridized carbons (Fsp3) is 0.0667. The highest BCUT2D eigenvalue weighted by atomic mass is 127. The zero-order chi connectivity index (χ0) is 14.8. The average Bonchev–Trinajstić information content (AvgIpc) is 2.92. The summed E-state index contributed by atoms with van der Waals surface area (Å²) >= 11 is 2.20. The summed E-state index contributed by atoms with van der Waals surface area (Å²) in [6.07, 6.45) is 1.47. The molecule has 0 saturated heterocycles. The molecule has 0 fully saturated rings. The van der Waals surface area contributed by atoms with Crippen LogP contribution in [0.3, 0.4) is 0 Å². The maximum atomic E-state index is 13.6. The Morgan fingerprint density at radius 2 is 1.76 bits per heavy atom. The van der Waals surface area contributed by atoms with Gasteiger partial charge in [0.05, 0.1) is 6.54 Å². The van der Waals surface area contributed by atoms with Crippen LogP contribution >= 0.6 is 22.6 Å². The van der Waals surface area contributed by atoms with Crippen LogP contribution in [-0.2, 0) is 6.54 Å². The lowest BCUT2D eigenvalue weighted by Gasteiger charge is -2.04. The topological polar surface area (TPSA) is 30.7 Å². The molecule has 6 heteroatoms. The molecule has 0 spiro atoms. The highest BCUT2D eigenvalue weighted by Crippen LogP contribution is 2.18. The molecule has 3 rings (SSSR count). The minimum atomic E-state index is -0.582. The van der Waals surface area contributed by atoms with Gasteiger partial charge in [-0.2, -0.15) is 5.10 Å². The van der Waals surface area contributed by atoms with Gasteiger partial charge in [-0.1, -0.05) is 18.2 Å². The van der Waals surface area contributed by atoms with Crippen molar-refractivity contribution < 1.29 is 8.78 Å². The monoisotopic (exact) mass is 397 g/mol. The molecule has 21 heavy (non-hydrogen) atoms. The van der Waals surface area contributed by atoms with Crippen LogP contribution in [0.4, 0.5) is 8.78 Å². The summed E-state index contributed by atoms with van der Waals surface area (Å²) in [5.74, 6) is -0.632. The van der Waals surface area contributed by atoms with Crippen LogP contribution in [0, 0.1) is 15.2 Å². The van der Waals surface area contributed by atoms with Gasteiger partial charge in [0, 0.05) is 14.7 Å². The van der Waals surface area contributed by atoms with E-state index in [2.05, 4.69) is 32.7 Å². The van der Waals surface area contributed by atoms with Crippen LogP contribution in [-0.4, -0.2) is 14.8 Å². The number of rotatable bonds is 3. The summed E-state index contributed by atoms with van der Waals surface area (Å²) in [6, 6.07) is 11.5. The summed E-state index contributed by atoms with van der Waals surface area (Å²) < 4.78 is 29.7. The second kappa shape index (κ2) is 5.88. The van der Waals surface area contributed by atoms with E-state index in [1.807, 2.05) is 24.3 Å². The maximum Gasteiger partial charge on any atom is 0.181 e. The first kappa shape index (κ1) is 14.1. The molecule has 0 atom stereocenters. The SMILES string of the molecule is Fc1cccc(F)c1Cn1cnc(-c2cccc(I)c2)n1.